The van der Waals surface area contributed by atoms with E-state index in [0.29, 0.717) is 24.1 Å². The summed E-state index contributed by atoms with van der Waals surface area (Å²) in [7, 11) is 0. The number of hydrogen-bond donors (Lipinski definition) is 2. The molecule has 1 heterocycles. The molecule has 1 aromatic heterocycles. The van der Waals surface area contributed by atoms with Gasteiger partial charge in [-0.3, -0.25) is 0 Å². The summed E-state index contributed by atoms with van der Waals surface area (Å²) < 4.78 is 0. The SMILES string of the molecule is CC1CC(C)CC(O)(Cc2cccnc2N)C1. The molecule has 3 N–H and O–H groups in total. The summed E-state index contributed by atoms with van der Waals surface area (Å²) in [4.78, 5) is 4.08. The number of rotatable bonds is 2. The summed E-state index contributed by atoms with van der Waals surface area (Å²) >= 11 is 0. The van der Waals surface area contributed by atoms with E-state index in [1.807, 2.05) is 12.1 Å². The summed E-state index contributed by atoms with van der Waals surface area (Å²) in [5.41, 5.74) is 6.21. The first-order valence-electron chi connectivity index (χ1n) is 6.40. The molecule has 2 rings (SSSR count). The van der Waals surface area contributed by atoms with Gasteiger partial charge < -0.3 is 10.8 Å². The molecule has 1 aliphatic carbocycles. The summed E-state index contributed by atoms with van der Waals surface area (Å²) in [5, 5.41) is 10.7. The van der Waals surface area contributed by atoms with Gasteiger partial charge in [-0.1, -0.05) is 19.9 Å². The van der Waals surface area contributed by atoms with Gasteiger partial charge in [-0.15, -0.1) is 0 Å². The lowest BCUT2D eigenvalue weighted by molar-refractivity contribution is -0.0304. The summed E-state index contributed by atoms with van der Waals surface area (Å²) in [5.74, 6) is 1.72. The van der Waals surface area contributed by atoms with Gasteiger partial charge in [0.25, 0.3) is 0 Å². The molecular formula is C14H22N2O. The number of pyridine rings is 1. The predicted octanol–water partition coefficient (Wildman–Crippen LogP) is 2.39. The first kappa shape index (κ1) is 12.4. The molecule has 1 saturated carbocycles. The normalized spacial score (nSPS) is 33.6. The van der Waals surface area contributed by atoms with Crippen molar-refractivity contribution >= 4 is 5.82 Å². The Balaban J connectivity index is 2.14. The average molecular weight is 234 g/mol. The fourth-order valence-corrected chi connectivity index (χ4v) is 3.33. The van der Waals surface area contributed by atoms with Crippen molar-refractivity contribution in [2.45, 2.75) is 45.1 Å². The molecule has 3 nitrogen and oxygen atoms in total. The summed E-state index contributed by atoms with van der Waals surface area (Å²) in [6.45, 7) is 4.43. The molecular weight excluding hydrogens is 212 g/mol. The molecule has 0 bridgehead atoms. The molecule has 0 spiro atoms. The van der Waals surface area contributed by atoms with Gasteiger partial charge in [0, 0.05) is 12.6 Å². The summed E-state index contributed by atoms with van der Waals surface area (Å²) in [6.07, 6.45) is 5.26. The van der Waals surface area contributed by atoms with E-state index < -0.39 is 5.60 Å². The smallest absolute Gasteiger partial charge is 0.126 e. The molecule has 0 aliphatic heterocycles. The van der Waals surface area contributed by atoms with Gasteiger partial charge in [-0.05, 0) is 42.7 Å². The second-order valence-electron chi connectivity index (χ2n) is 5.80. The second-order valence-corrected chi connectivity index (χ2v) is 5.80. The minimum Gasteiger partial charge on any atom is -0.390 e. The van der Waals surface area contributed by atoms with Crippen LogP contribution in [0.15, 0.2) is 18.3 Å². The number of nitrogens with two attached hydrogens (primary N) is 1. The van der Waals surface area contributed by atoms with Gasteiger partial charge in [-0.25, -0.2) is 4.98 Å². The fourth-order valence-electron chi connectivity index (χ4n) is 3.33. The maximum Gasteiger partial charge on any atom is 0.126 e. The van der Waals surface area contributed by atoms with Crippen molar-refractivity contribution in [2.75, 3.05) is 5.73 Å². The topological polar surface area (TPSA) is 59.1 Å². The van der Waals surface area contributed by atoms with Crippen LogP contribution in [0.2, 0.25) is 0 Å². The Bertz CT molecular complexity index is 382. The lowest BCUT2D eigenvalue weighted by Crippen LogP contribution is -2.40. The van der Waals surface area contributed by atoms with E-state index in [4.69, 9.17) is 5.73 Å². The Labute approximate surface area is 103 Å². The van der Waals surface area contributed by atoms with E-state index in [1.54, 1.807) is 6.20 Å². The van der Waals surface area contributed by atoms with Gasteiger partial charge in [-0.2, -0.15) is 0 Å². The predicted molar refractivity (Wildman–Crippen MR) is 69.5 cm³/mol. The number of nitrogens with zero attached hydrogens (tertiary/aromatic N) is 1. The maximum absolute atomic E-state index is 10.7. The highest BCUT2D eigenvalue weighted by molar-refractivity contribution is 5.39. The molecule has 94 valence electrons. The Kier molecular flexibility index (Phi) is 3.38. The van der Waals surface area contributed by atoms with Gasteiger partial charge in [0.1, 0.15) is 5.82 Å². The fraction of sp³-hybridized carbons (Fsp3) is 0.643. The van der Waals surface area contributed by atoms with Crippen LogP contribution in [0.1, 0.15) is 38.7 Å². The number of aliphatic hydroxyl groups is 1. The van der Waals surface area contributed by atoms with Crippen LogP contribution >= 0.6 is 0 Å². The Morgan fingerprint density at radius 1 is 1.41 bits per heavy atom. The highest BCUT2D eigenvalue weighted by Crippen LogP contribution is 2.38. The largest absolute Gasteiger partial charge is 0.390 e. The van der Waals surface area contributed by atoms with E-state index in [1.165, 1.54) is 6.42 Å². The van der Waals surface area contributed by atoms with Crippen molar-refractivity contribution in [3.05, 3.63) is 23.9 Å². The zero-order chi connectivity index (χ0) is 12.5. The zero-order valence-electron chi connectivity index (χ0n) is 10.7. The number of hydrogen-bond acceptors (Lipinski definition) is 3. The van der Waals surface area contributed by atoms with Crippen molar-refractivity contribution < 1.29 is 5.11 Å². The first-order valence-corrected chi connectivity index (χ1v) is 6.40. The molecule has 1 fully saturated rings. The zero-order valence-corrected chi connectivity index (χ0v) is 10.7. The number of nitrogen functional groups attached to an aromatic ring is 1. The van der Waals surface area contributed by atoms with Gasteiger partial charge in [0.05, 0.1) is 5.60 Å². The molecule has 1 aliphatic rings. The lowest BCUT2D eigenvalue weighted by Gasteiger charge is -2.39. The third-order valence-corrected chi connectivity index (χ3v) is 3.71. The van der Waals surface area contributed by atoms with Crippen LogP contribution in [0.25, 0.3) is 0 Å². The quantitative estimate of drug-likeness (QED) is 0.826. The third-order valence-electron chi connectivity index (χ3n) is 3.71. The van der Waals surface area contributed by atoms with Crippen LogP contribution in [0.5, 0.6) is 0 Å². The van der Waals surface area contributed by atoms with Gasteiger partial charge in [0.2, 0.25) is 0 Å². The third kappa shape index (κ3) is 2.97. The molecule has 0 aromatic carbocycles. The lowest BCUT2D eigenvalue weighted by atomic mass is 9.71. The van der Waals surface area contributed by atoms with Gasteiger partial charge in [0.15, 0.2) is 0 Å². The van der Waals surface area contributed by atoms with Crippen molar-refractivity contribution in [3.63, 3.8) is 0 Å². The molecule has 0 saturated heterocycles. The highest BCUT2D eigenvalue weighted by atomic mass is 16.3. The van der Waals surface area contributed by atoms with Crippen molar-refractivity contribution in [1.29, 1.82) is 0 Å². The van der Waals surface area contributed by atoms with Crippen LogP contribution in [-0.2, 0) is 6.42 Å². The molecule has 17 heavy (non-hydrogen) atoms. The van der Waals surface area contributed by atoms with E-state index in [9.17, 15) is 5.11 Å². The standard InChI is InChI=1S/C14H22N2O/c1-10-6-11(2)8-14(17,7-10)9-12-4-3-5-16-13(12)15/h3-5,10-11,17H,6-9H2,1-2H3,(H2,15,16). The van der Waals surface area contributed by atoms with Crippen LogP contribution in [-0.4, -0.2) is 15.7 Å². The highest BCUT2D eigenvalue weighted by Gasteiger charge is 2.36. The Morgan fingerprint density at radius 3 is 2.65 bits per heavy atom. The molecule has 0 radical (unpaired) electrons. The van der Waals surface area contributed by atoms with E-state index in [-0.39, 0.29) is 0 Å². The van der Waals surface area contributed by atoms with Crippen molar-refractivity contribution in [2.24, 2.45) is 11.8 Å². The Hall–Kier alpha value is -1.09. The molecule has 3 heteroatoms. The first-order chi connectivity index (χ1) is 7.98. The Morgan fingerprint density at radius 2 is 2.06 bits per heavy atom. The number of anilines is 1. The van der Waals surface area contributed by atoms with Crippen molar-refractivity contribution in [1.82, 2.24) is 4.98 Å². The van der Waals surface area contributed by atoms with Crippen LogP contribution in [0.4, 0.5) is 5.82 Å². The van der Waals surface area contributed by atoms with E-state index in [0.717, 1.165) is 18.4 Å². The average Bonchev–Trinajstić information content (AvgIpc) is 2.19. The minimum atomic E-state index is -0.603. The molecule has 2 atom stereocenters. The molecule has 1 aromatic rings. The van der Waals surface area contributed by atoms with Gasteiger partial charge >= 0.3 is 0 Å². The molecule has 0 amide bonds. The monoisotopic (exact) mass is 234 g/mol. The minimum absolute atomic E-state index is 0.548. The summed E-state index contributed by atoms with van der Waals surface area (Å²) in [6, 6.07) is 3.84. The number of aromatic nitrogens is 1. The van der Waals surface area contributed by atoms with E-state index in [2.05, 4.69) is 18.8 Å². The maximum atomic E-state index is 10.7. The second kappa shape index (κ2) is 4.65. The molecule has 2 unspecified atom stereocenters. The van der Waals surface area contributed by atoms with Crippen LogP contribution in [0.3, 0.4) is 0 Å². The van der Waals surface area contributed by atoms with Crippen molar-refractivity contribution in [3.8, 4) is 0 Å². The van der Waals surface area contributed by atoms with Crippen LogP contribution < -0.4 is 5.73 Å². The van der Waals surface area contributed by atoms with Crippen LogP contribution in [0, 0.1) is 11.8 Å². The van der Waals surface area contributed by atoms with E-state index >= 15 is 0 Å².